The summed E-state index contributed by atoms with van der Waals surface area (Å²) < 4.78 is 5.31. The van der Waals surface area contributed by atoms with Crippen LogP contribution in [0, 0.1) is 24.2 Å². The van der Waals surface area contributed by atoms with Crippen LogP contribution in [0.15, 0.2) is 0 Å². The Balaban J connectivity index is 2.56. The van der Waals surface area contributed by atoms with E-state index in [4.69, 9.17) is 11.2 Å². The Morgan fingerprint density at radius 3 is 2.50 bits per heavy atom. The minimum Gasteiger partial charge on any atom is -0.444 e. The van der Waals surface area contributed by atoms with Crippen molar-refractivity contribution in [2.45, 2.75) is 39.7 Å². The summed E-state index contributed by atoms with van der Waals surface area (Å²) in [5, 5.41) is 0. The number of likely N-dealkylation sites (tertiary alicyclic amines) is 1. The van der Waals surface area contributed by atoms with Crippen molar-refractivity contribution < 1.29 is 14.3 Å². The molecule has 0 N–H and O–H groups in total. The minimum atomic E-state index is -0.493. The summed E-state index contributed by atoms with van der Waals surface area (Å²) in [7, 11) is 0. The van der Waals surface area contributed by atoms with Crippen molar-refractivity contribution in [3.8, 4) is 12.3 Å². The van der Waals surface area contributed by atoms with E-state index in [0.29, 0.717) is 19.5 Å². The van der Waals surface area contributed by atoms with Crippen molar-refractivity contribution in [1.29, 1.82) is 0 Å². The molecule has 0 saturated carbocycles. The molecule has 1 aliphatic rings. The first-order valence-corrected chi connectivity index (χ1v) is 6.20. The van der Waals surface area contributed by atoms with Crippen LogP contribution in [0.3, 0.4) is 0 Å². The third kappa shape index (κ3) is 4.06. The van der Waals surface area contributed by atoms with Crippen molar-refractivity contribution in [1.82, 2.24) is 4.90 Å². The third-order valence-electron chi connectivity index (χ3n) is 3.03. The van der Waals surface area contributed by atoms with Crippen molar-refractivity contribution in [3.05, 3.63) is 0 Å². The molecular formula is C14H21NO3. The van der Waals surface area contributed by atoms with E-state index in [9.17, 15) is 9.59 Å². The largest absolute Gasteiger partial charge is 0.444 e. The lowest BCUT2D eigenvalue weighted by molar-refractivity contribution is -0.114. The van der Waals surface area contributed by atoms with Gasteiger partial charge in [0.15, 0.2) is 0 Å². The van der Waals surface area contributed by atoms with E-state index in [1.165, 1.54) is 0 Å². The SMILES string of the molecule is C#CC(=O)CC1CN(C(=O)OC(C)(C)C)CC1C. The first-order valence-electron chi connectivity index (χ1n) is 6.20. The van der Waals surface area contributed by atoms with Crippen LogP contribution in [0.4, 0.5) is 4.79 Å². The van der Waals surface area contributed by atoms with Gasteiger partial charge < -0.3 is 9.64 Å². The number of hydrogen-bond donors (Lipinski definition) is 0. The highest BCUT2D eigenvalue weighted by molar-refractivity contribution is 5.95. The summed E-state index contributed by atoms with van der Waals surface area (Å²) in [6, 6.07) is 0. The molecule has 0 spiro atoms. The zero-order valence-electron chi connectivity index (χ0n) is 11.5. The number of carbonyl (C=O) groups is 2. The summed E-state index contributed by atoms with van der Waals surface area (Å²) in [6.07, 6.45) is 5.10. The maximum Gasteiger partial charge on any atom is 0.410 e. The second-order valence-electron chi connectivity index (χ2n) is 5.89. The van der Waals surface area contributed by atoms with E-state index in [1.54, 1.807) is 4.90 Å². The number of rotatable bonds is 2. The normalized spacial score (nSPS) is 23.6. The Hall–Kier alpha value is -1.50. The first-order chi connectivity index (χ1) is 8.23. The fourth-order valence-corrected chi connectivity index (χ4v) is 2.07. The van der Waals surface area contributed by atoms with Crippen LogP contribution in [0.5, 0.6) is 0 Å². The summed E-state index contributed by atoms with van der Waals surface area (Å²) in [4.78, 5) is 24.8. The van der Waals surface area contributed by atoms with E-state index in [0.717, 1.165) is 0 Å². The maximum absolute atomic E-state index is 11.9. The molecule has 4 heteroatoms. The van der Waals surface area contributed by atoms with Gasteiger partial charge in [-0.2, -0.15) is 0 Å². The summed E-state index contributed by atoms with van der Waals surface area (Å²) in [5.41, 5.74) is -0.493. The highest BCUT2D eigenvalue weighted by Crippen LogP contribution is 2.27. The molecule has 2 atom stereocenters. The molecule has 0 aromatic carbocycles. The molecule has 1 rings (SSSR count). The van der Waals surface area contributed by atoms with E-state index in [2.05, 4.69) is 5.92 Å². The van der Waals surface area contributed by atoms with Gasteiger partial charge in [0.2, 0.25) is 5.78 Å². The van der Waals surface area contributed by atoms with Crippen LogP contribution in [-0.4, -0.2) is 35.5 Å². The van der Waals surface area contributed by atoms with E-state index >= 15 is 0 Å². The Labute approximate surface area is 109 Å². The van der Waals surface area contributed by atoms with Gasteiger partial charge in [-0.3, -0.25) is 4.79 Å². The lowest BCUT2D eigenvalue weighted by atomic mass is 9.93. The molecule has 1 aliphatic heterocycles. The lowest BCUT2D eigenvalue weighted by Gasteiger charge is -2.24. The number of hydrogen-bond acceptors (Lipinski definition) is 3. The Kier molecular flexibility index (Phi) is 4.39. The van der Waals surface area contributed by atoms with Crippen LogP contribution in [0.25, 0.3) is 0 Å². The standard InChI is InChI=1S/C14H21NO3/c1-6-12(16)7-11-9-15(8-10(11)2)13(17)18-14(3,4)5/h1,10-11H,7-9H2,2-5H3. The monoisotopic (exact) mass is 251 g/mol. The van der Waals surface area contributed by atoms with Crippen molar-refractivity contribution >= 4 is 11.9 Å². The van der Waals surface area contributed by atoms with Gasteiger partial charge in [-0.25, -0.2) is 4.79 Å². The molecule has 0 aromatic rings. The molecule has 0 aromatic heterocycles. The average molecular weight is 251 g/mol. The van der Waals surface area contributed by atoms with Gasteiger partial charge in [0.1, 0.15) is 5.60 Å². The number of terminal acetylenes is 1. The highest BCUT2D eigenvalue weighted by atomic mass is 16.6. The fraction of sp³-hybridized carbons (Fsp3) is 0.714. The highest BCUT2D eigenvalue weighted by Gasteiger charge is 2.35. The molecule has 2 unspecified atom stereocenters. The van der Waals surface area contributed by atoms with E-state index in [1.807, 2.05) is 27.7 Å². The zero-order chi connectivity index (χ0) is 13.9. The molecule has 0 bridgehead atoms. The molecule has 0 radical (unpaired) electrons. The average Bonchev–Trinajstić information content (AvgIpc) is 2.58. The quantitative estimate of drug-likeness (QED) is 0.557. The molecule has 1 amide bonds. The second-order valence-corrected chi connectivity index (χ2v) is 5.89. The van der Waals surface area contributed by atoms with Gasteiger partial charge in [-0.1, -0.05) is 6.92 Å². The molecule has 0 aliphatic carbocycles. The maximum atomic E-state index is 11.9. The number of ether oxygens (including phenoxy) is 1. The van der Waals surface area contributed by atoms with Gasteiger partial charge in [0.25, 0.3) is 0 Å². The predicted octanol–water partition coefficient (Wildman–Crippen LogP) is 2.08. The van der Waals surface area contributed by atoms with Gasteiger partial charge in [0.05, 0.1) is 0 Å². The fourth-order valence-electron chi connectivity index (χ4n) is 2.07. The lowest BCUT2D eigenvalue weighted by Crippen LogP contribution is -2.35. The molecule has 100 valence electrons. The molecule has 4 nitrogen and oxygen atoms in total. The zero-order valence-corrected chi connectivity index (χ0v) is 11.5. The number of carbonyl (C=O) groups excluding carboxylic acids is 2. The molecule has 1 fully saturated rings. The molecule has 1 saturated heterocycles. The Morgan fingerprint density at radius 1 is 1.39 bits per heavy atom. The number of ketones is 1. The van der Waals surface area contributed by atoms with Crippen LogP contribution in [-0.2, 0) is 9.53 Å². The van der Waals surface area contributed by atoms with E-state index < -0.39 is 5.60 Å². The minimum absolute atomic E-state index is 0.140. The molecule has 1 heterocycles. The Bertz CT molecular complexity index is 375. The van der Waals surface area contributed by atoms with Gasteiger partial charge in [-0.15, -0.1) is 6.42 Å². The van der Waals surface area contributed by atoms with Crippen molar-refractivity contribution in [2.24, 2.45) is 11.8 Å². The van der Waals surface area contributed by atoms with Gasteiger partial charge >= 0.3 is 6.09 Å². The first kappa shape index (κ1) is 14.6. The predicted molar refractivity (Wildman–Crippen MR) is 68.9 cm³/mol. The van der Waals surface area contributed by atoms with Crippen LogP contribution in [0.1, 0.15) is 34.1 Å². The Morgan fingerprint density at radius 2 is 2.00 bits per heavy atom. The third-order valence-corrected chi connectivity index (χ3v) is 3.03. The molecule has 18 heavy (non-hydrogen) atoms. The number of Topliss-reactive ketones (excluding diaryl/α,β-unsaturated/α-hetero) is 1. The summed E-state index contributed by atoms with van der Waals surface area (Å²) in [6.45, 7) is 8.71. The van der Waals surface area contributed by atoms with E-state index in [-0.39, 0.29) is 23.7 Å². The molecular weight excluding hydrogens is 230 g/mol. The van der Waals surface area contributed by atoms with Gasteiger partial charge in [-0.05, 0) is 38.5 Å². The summed E-state index contributed by atoms with van der Waals surface area (Å²) >= 11 is 0. The number of nitrogens with zero attached hydrogens (tertiary/aromatic N) is 1. The van der Waals surface area contributed by atoms with Crippen LogP contribution < -0.4 is 0 Å². The van der Waals surface area contributed by atoms with Gasteiger partial charge in [0, 0.05) is 19.5 Å². The van der Waals surface area contributed by atoms with Crippen LogP contribution in [0.2, 0.25) is 0 Å². The summed E-state index contributed by atoms with van der Waals surface area (Å²) in [5.74, 6) is 2.34. The van der Waals surface area contributed by atoms with Crippen molar-refractivity contribution in [2.75, 3.05) is 13.1 Å². The van der Waals surface area contributed by atoms with Crippen molar-refractivity contribution in [3.63, 3.8) is 0 Å². The number of amides is 1. The topological polar surface area (TPSA) is 46.6 Å². The smallest absolute Gasteiger partial charge is 0.410 e. The second kappa shape index (κ2) is 5.43. The van der Waals surface area contributed by atoms with Crippen LogP contribution >= 0.6 is 0 Å².